The van der Waals surface area contributed by atoms with Gasteiger partial charge in [-0.3, -0.25) is 0 Å². The molecule has 2 nitrogen and oxygen atoms in total. The Bertz CT molecular complexity index is 283. The van der Waals surface area contributed by atoms with Crippen LogP contribution < -0.4 is 0 Å². The van der Waals surface area contributed by atoms with Crippen molar-refractivity contribution in [2.45, 2.75) is 26.6 Å². The summed E-state index contributed by atoms with van der Waals surface area (Å²) in [5, 5.41) is 0. The van der Waals surface area contributed by atoms with Crippen molar-refractivity contribution in [2.24, 2.45) is 0 Å². The molecule has 0 aromatic heterocycles. The first-order valence-corrected chi connectivity index (χ1v) is 6.03. The summed E-state index contributed by atoms with van der Waals surface area (Å²) in [6, 6.07) is 8.20. The molecule has 0 aliphatic rings. The lowest BCUT2D eigenvalue weighted by molar-refractivity contribution is -0.134. The first-order chi connectivity index (χ1) is 7.26. The fourth-order valence-electron chi connectivity index (χ4n) is 1.39. The van der Waals surface area contributed by atoms with Gasteiger partial charge in [0.05, 0.1) is 0 Å². The first kappa shape index (κ1) is 12.7. The van der Waals surface area contributed by atoms with Gasteiger partial charge < -0.3 is 9.47 Å². The third-order valence-electron chi connectivity index (χ3n) is 2.00. The molecule has 0 aliphatic heterocycles. The van der Waals surface area contributed by atoms with Crippen LogP contribution in [0.5, 0.6) is 0 Å². The summed E-state index contributed by atoms with van der Waals surface area (Å²) in [6.07, 6.45) is 0.662. The van der Waals surface area contributed by atoms with Crippen LogP contribution in [0.25, 0.3) is 0 Å². The Morgan fingerprint density at radius 2 is 1.87 bits per heavy atom. The molecule has 0 saturated carbocycles. The number of ether oxygens (including phenoxy) is 2. The molecular formula is C12H17BrO2. The summed E-state index contributed by atoms with van der Waals surface area (Å²) < 4.78 is 12.1. The molecule has 0 unspecified atom stereocenters. The van der Waals surface area contributed by atoms with E-state index in [9.17, 15) is 0 Å². The number of rotatable bonds is 6. The molecule has 0 saturated heterocycles. The minimum absolute atomic E-state index is 0.130. The summed E-state index contributed by atoms with van der Waals surface area (Å²) in [7, 11) is 0. The Balaban J connectivity index is 2.56. The molecule has 0 heterocycles. The Kier molecular flexibility index (Phi) is 5.91. The molecule has 0 aliphatic carbocycles. The van der Waals surface area contributed by atoms with E-state index in [4.69, 9.17) is 9.47 Å². The third kappa shape index (κ3) is 4.78. The molecule has 84 valence electrons. The first-order valence-electron chi connectivity index (χ1n) is 5.24. The molecule has 1 rings (SSSR count). The largest absolute Gasteiger partial charge is 0.353 e. The lowest BCUT2D eigenvalue weighted by Gasteiger charge is -2.16. The van der Waals surface area contributed by atoms with Crippen LogP contribution in [0.15, 0.2) is 28.7 Å². The van der Waals surface area contributed by atoms with Crippen molar-refractivity contribution in [3.8, 4) is 0 Å². The van der Waals surface area contributed by atoms with Gasteiger partial charge in [-0.25, -0.2) is 0 Å². The average Bonchev–Trinajstić information content (AvgIpc) is 2.18. The zero-order chi connectivity index (χ0) is 11.1. The van der Waals surface area contributed by atoms with Gasteiger partial charge in [0.25, 0.3) is 0 Å². The second-order valence-electron chi connectivity index (χ2n) is 3.17. The van der Waals surface area contributed by atoms with E-state index in [1.165, 1.54) is 5.56 Å². The van der Waals surface area contributed by atoms with Crippen LogP contribution in [0, 0.1) is 0 Å². The summed E-state index contributed by atoms with van der Waals surface area (Å²) >= 11 is 3.45. The Hall–Kier alpha value is -0.380. The van der Waals surface area contributed by atoms with Gasteiger partial charge in [0.1, 0.15) is 0 Å². The van der Waals surface area contributed by atoms with Crippen molar-refractivity contribution in [2.75, 3.05) is 13.2 Å². The zero-order valence-electron chi connectivity index (χ0n) is 9.20. The van der Waals surface area contributed by atoms with Crippen molar-refractivity contribution in [3.63, 3.8) is 0 Å². The number of hydrogen-bond acceptors (Lipinski definition) is 2. The quantitative estimate of drug-likeness (QED) is 0.740. The normalized spacial score (nSPS) is 10.9. The summed E-state index contributed by atoms with van der Waals surface area (Å²) in [5.74, 6) is 0. The standard InChI is InChI=1S/C12H17BrO2/c1-3-14-12(15-4-2)9-10-6-5-7-11(13)8-10/h5-8,12H,3-4,9H2,1-2H3. The summed E-state index contributed by atoms with van der Waals surface area (Å²) in [4.78, 5) is 0. The average molecular weight is 273 g/mol. The van der Waals surface area contributed by atoms with E-state index >= 15 is 0 Å². The minimum atomic E-state index is -0.130. The fraction of sp³-hybridized carbons (Fsp3) is 0.500. The molecule has 0 radical (unpaired) electrons. The molecule has 1 aromatic rings. The maximum Gasteiger partial charge on any atom is 0.161 e. The van der Waals surface area contributed by atoms with E-state index in [2.05, 4.69) is 28.1 Å². The van der Waals surface area contributed by atoms with Crippen LogP contribution >= 0.6 is 15.9 Å². The molecule has 0 bridgehead atoms. The van der Waals surface area contributed by atoms with Crippen LogP contribution in [-0.2, 0) is 15.9 Å². The molecular weight excluding hydrogens is 256 g/mol. The highest BCUT2D eigenvalue weighted by Gasteiger charge is 2.08. The predicted octanol–water partition coefficient (Wildman–Crippen LogP) is 3.39. The highest BCUT2D eigenvalue weighted by atomic mass is 79.9. The zero-order valence-corrected chi connectivity index (χ0v) is 10.8. The van der Waals surface area contributed by atoms with Crippen LogP contribution in [0.1, 0.15) is 19.4 Å². The van der Waals surface area contributed by atoms with Crippen molar-refractivity contribution in [1.29, 1.82) is 0 Å². The SMILES string of the molecule is CCOC(Cc1cccc(Br)c1)OCC. The summed E-state index contributed by atoms with van der Waals surface area (Å²) in [6.45, 7) is 5.32. The van der Waals surface area contributed by atoms with Gasteiger partial charge in [0.15, 0.2) is 6.29 Å². The molecule has 0 N–H and O–H groups in total. The van der Waals surface area contributed by atoms with Gasteiger partial charge in [-0.1, -0.05) is 28.1 Å². The molecule has 0 fully saturated rings. The molecule has 3 heteroatoms. The number of halogens is 1. The highest BCUT2D eigenvalue weighted by Crippen LogP contribution is 2.14. The minimum Gasteiger partial charge on any atom is -0.353 e. The second-order valence-corrected chi connectivity index (χ2v) is 4.09. The van der Waals surface area contributed by atoms with Crippen molar-refractivity contribution < 1.29 is 9.47 Å². The van der Waals surface area contributed by atoms with Crippen molar-refractivity contribution >= 4 is 15.9 Å². The Morgan fingerprint density at radius 1 is 1.20 bits per heavy atom. The Labute approximate surface area is 99.7 Å². The van der Waals surface area contributed by atoms with Gasteiger partial charge in [0.2, 0.25) is 0 Å². The smallest absolute Gasteiger partial charge is 0.161 e. The van der Waals surface area contributed by atoms with E-state index in [-0.39, 0.29) is 6.29 Å². The number of benzene rings is 1. The van der Waals surface area contributed by atoms with Gasteiger partial charge in [0, 0.05) is 24.1 Å². The van der Waals surface area contributed by atoms with Gasteiger partial charge in [-0.2, -0.15) is 0 Å². The molecule has 1 aromatic carbocycles. The maximum absolute atomic E-state index is 5.49. The van der Waals surface area contributed by atoms with E-state index < -0.39 is 0 Å². The molecule has 15 heavy (non-hydrogen) atoms. The third-order valence-corrected chi connectivity index (χ3v) is 2.49. The van der Waals surface area contributed by atoms with Crippen LogP contribution in [0.4, 0.5) is 0 Å². The van der Waals surface area contributed by atoms with Gasteiger partial charge >= 0.3 is 0 Å². The Morgan fingerprint density at radius 3 is 2.40 bits per heavy atom. The van der Waals surface area contributed by atoms with Crippen molar-refractivity contribution in [1.82, 2.24) is 0 Å². The highest BCUT2D eigenvalue weighted by molar-refractivity contribution is 9.10. The number of hydrogen-bond donors (Lipinski definition) is 0. The van der Waals surface area contributed by atoms with E-state index in [0.717, 1.165) is 10.9 Å². The topological polar surface area (TPSA) is 18.5 Å². The van der Waals surface area contributed by atoms with Crippen molar-refractivity contribution in [3.05, 3.63) is 34.3 Å². The summed E-state index contributed by atoms with van der Waals surface area (Å²) in [5.41, 5.74) is 1.22. The predicted molar refractivity (Wildman–Crippen MR) is 64.9 cm³/mol. The van der Waals surface area contributed by atoms with E-state index in [1.54, 1.807) is 0 Å². The van der Waals surface area contributed by atoms with Gasteiger partial charge in [-0.15, -0.1) is 0 Å². The second kappa shape index (κ2) is 6.99. The molecule has 0 spiro atoms. The molecule has 0 atom stereocenters. The maximum atomic E-state index is 5.49. The lowest BCUT2D eigenvalue weighted by Crippen LogP contribution is -2.20. The monoisotopic (exact) mass is 272 g/mol. The van der Waals surface area contributed by atoms with Gasteiger partial charge in [-0.05, 0) is 31.5 Å². The van der Waals surface area contributed by atoms with E-state index in [1.807, 2.05) is 26.0 Å². The van der Waals surface area contributed by atoms with Crippen LogP contribution in [0.2, 0.25) is 0 Å². The van der Waals surface area contributed by atoms with Crippen LogP contribution in [0.3, 0.4) is 0 Å². The fourth-order valence-corrected chi connectivity index (χ4v) is 1.84. The van der Waals surface area contributed by atoms with E-state index in [0.29, 0.717) is 13.2 Å². The van der Waals surface area contributed by atoms with Crippen LogP contribution in [-0.4, -0.2) is 19.5 Å². The lowest BCUT2D eigenvalue weighted by atomic mass is 10.1. The molecule has 0 amide bonds.